The van der Waals surface area contributed by atoms with Crippen LogP contribution in [0.25, 0.3) is 0 Å². The van der Waals surface area contributed by atoms with Gasteiger partial charge in [-0.2, -0.15) is 0 Å². The van der Waals surface area contributed by atoms with Crippen molar-refractivity contribution in [1.29, 1.82) is 0 Å². The first-order valence-corrected chi connectivity index (χ1v) is 5.23. The fourth-order valence-corrected chi connectivity index (χ4v) is 1.17. The second kappa shape index (κ2) is 9.75. The SMILES string of the molecule is C=CCCCNCCCCN(C)C. The lowest BCUT2D eigenvalue weighted by Crippen LogP contribution is -2.19. The molecule has 0 bridgehead atoms. The van der Waals surface area contributed by atoms with Gasteiger partial charge < -0.3 is 10.2 Å². The summed E-state index contributed by atoms with van der Waals surface area (Å²) in [5, 5.41) is 3.43. The van der Waals surface area contributed by atoms with Crippen LogP contribution >= 0.6 is 0 Å². The predicted octanol–water partition coefficient (Wildman–Crippen LogP) is 1.88. The topological polar surface area (TPSA) is 15.3 Å². The second-order valence-corrected chi connectivity index (χ2v) is 3.69. The van der Waals surface area contributed by atoms with Crippen LogP contribution in [0, 0.1) is 0 Å². The van der Waals surface area contributed by atoms with Gasteiger partial charge in [0.05, 0.1) is 0 Å². The van der Waals surface area contributed by atoms with E-state index in [9.17, 15) is 0 Å². The van der Waals surface area contributed by atoms with Gasteiger partial charge in [0.2, 0.25) is 0 Å². The van der Waals surface area contributed by atoms with Crippen LogP contribution in [0.15, 0.2) is 12.7 Å². The van der Waals surface area contributed by atoms with Gasteiger partial charge in [-0.25, -0.2) is 0 Å². The van der Waals surface area contributed by atoms with Gasteiger partial charge in [-0.3, -0.25) is 0 Å². The molecule has 0 atom stereocenters. The van der Waals surface area contributed by atoms with Gasteiger partial charge in [-0.15, -0.1) is 6.58 Å². The average Bonchev–Trinajstić information content (AvgIpc) is 2.09. The largest absolute Gasteiger partial charge is 0.317 e. The highest BCUT2D eigenvalue weighted by molar-refractivity contribution is 4.66. The van der Waals surface area contributed by atoms with Crippen LogP contribution in [0.5, 0.6) is 0 Å². The minimum atomic E-state index is 1.13. The van der Waals surface area contributed by atoms with Gasteiger partial charge in [0, 0.05) is 0 Å². The smallest absolute Gasteiger partial charge is 0.00244 e. The van der Waals surface area contributed by atoms with E-state index in [0.29, 0.717) is 0 Å². The fraction of sp³-hybridized carbons (Fsp3) is 0.818. The molecule has 2 heteroatoms. The molecule has 78 valence electrons. The van der Waals surface area contributed by atoms with Gasteiger partial charge in [0.25, 0.3) is 0 Å². The lowest BCUT2D eigenvalue weighted by Gasteiger charge is -2.09. The number of nitrogens with zero attached hydrogens (tertiary/aromatic N) is 1. The van der Waals surface area contributed by atoms with Crippen LogP contribution in [-0.4, -0.2) is 38.6 Å². The van der Waals surface area contributed by atoms with E-state index in [1.54, 1.807) is 0 Å². The van der Waals surface area contributed by atoms with Crippen molar-refractivity contribution < 1.29 is 0 Å². The molecule has 0 aliphatic rings. The van der Waals surface area contributed by atoms with Gasteiger partial charge in [-0.1, -0.05) is 6.08 Å². The lowest BCUT2D eigenvalue weighted by molar-refractivity contribution is 0.391. The van der Waals surface area contributed by atoms with Gasteiger partial charge in [0.15, 0.2) is 0 Å². The summed E-state index contributed by atoms with van der Waals surface area (Å²) in [7, 11) is 4.25. The quantitative estimate of drug-likeness (QED) is 0.435. The number of hydrogen-bond donors (Lipinski definition) is 1. The highest BCUT2D eigenvalue weighted by Crippen LogP contribution is 1.90. The van der Waals surface area contributed by atoms with E-state index in [4.69, 9.17) is 0 Å². The summed E-state index contributed by atoms with van der Waals surface area (Å²) < 4.78 is 0. The van der Waals surface area contributed by atoms with Crippen molar-refractivity contribution in [3.63, 3.8) is 0 Å². The van der Waals surface area contributed by atoms with Crippen LogP contribution in [0.3, 0.4) is 0 Å². The third kappa shape index (κ3) is 11.7. The van der Waals surface area contributed by atoms with E-state index >= 15 is 0 Å². The van der Waals surface area contributed by atoms with Gasteiger partial charge in [-0.05, 0) is 59.4 Å². The number of nitrogens with one attached hydrogen (secondary N) is 1. The molecule has 0 aliphatic carbocycles. The predicted molar refractivity (Wildman–Crippen MR) is 60.1 cm³/mol. The number of unbranched alkanes of at least 4 members (excludes halogenated alkanes) is 2. The molecule has 0 amide bonds. The molecule has 0 aromatic carbocycles. The van der Waals surface area contributed by atoms with Crippen molar-refractivity contribution >= 4 is 0 Å². The molecule has 0 radical (unpaired) electrons. The normalized spacial score (nSPS) is 10.7. The summed E-state index contributed by atoms with van der Waals surface area (Å²) in [6.07, 6.45) is 6.91. The zero-order chi connectivity index (χ0) is 9.94. The van der Waals surface area contributed by atoms with Crippen molar-refractivity contribution in [3.8, 4) is 0 Å². The molecule has 13 heavy (non-hydrogen) atoms. The third-order valence-corrected chi connectivity index (χ3v) is 1.97. The average molecular weight is 184 g/mol. The molecule has 1 N–H and O–H groups in total. The summed E-state index contributed by atoms with van der Waals surface area (Å²) >= 11 is 0. The molecular formula is C11H24N2. The van der Waals surface area contributed by atoms with E-state index in [1.807, 2.05) is 6.08 Å². The van der Waals surface area contributed by atoms with E-state index in [-0.39, 0.29) is 0 Å². The Morgan fingerprint density at radius 2 is 1.85 bits per heavy atom. The molecular weight excluding hydrogens is 160 g/mol. The monoisotopic (exact) mass is 184 g/mol. The highest BCUT2D eigenvalue weighted by atomic mass is 15.0. The van der Waals surface area contributed by atoms with Crippen LogP contribution in [0.2, 0.25) is 0 Å². The number of rotatable bonds is 9. The Balaban J connectivity index is 2.87. The number of allylic oxidation sites excluding steroid dienone is 1. The van der Waals surface area contributed by atoms with Crippen molar-refractivity contribution in [3.05, 3.63) is 12.7 Å². The maximum absolute atomic E-state index is 3.69. The second-order valence-electron chi connectivity index (χ2n) is 3.69. The van der Waals surface area contributed by atoms with Crippen LogP contribution in [0.4, 0.5) is 0 Å². The zero-order valence-electron chi connectivity index (χ0n) is 9.18. The Bertz CT molecular complexity index is 111. The number of hydrogen-bond acceptors (Lipinski definition) is 2. The molecule has 0 unspecified atom stereocenters. The Hall–Kier alpha value is -0.340. The van der Waals surface area contributed by atoms with Crippen LogP contribution in [-0.2, 0) is 0 Å². The minimum Gasteiger partial charge on any atom is -0.317 e. The molecule has 0 rings (SSSR count). The third-order valence-electron chi connectivity index (χ3n) is 1.97. The zero-order valence-corrected chi connectivity index (χ0v) is 9.18. The summed E-state index contributed by atoms with van der Waals surface area (Å²) in [6.45, 7) is 7.19. The summed E-state index contributed by atoms with van der Waals surface area (Å²) in [5.74, 6) is 0. The van der Waals surface area contributed by atoms with Crippen molar-refractivity contribution in [2.75, 3.05) is 33.7 Å². The summed E-state index contributed by atoms with van der Waals surface area (Å²) in [6, 6.07) is 0. The first kappa shape index (κ1) is 12.7. The van der Waals surface area contributed by atoms with Crippen LogP contribution in [0.1, 0.15) is 25.7 Å². The Morgan fingerprint density at radius 1 is 1.15 bits per heavy atom. The molecule has 2 nitrogen and oxygen atoms in total. The van der Waals surface area contributed by atoms with Crippen molar-refractivity contribution in [2.24, 2.45) is 0 Å². The van der Waals surface area contributed by atoms with Gasteiger partial charge in [0.1, 0.15) is 0 Å². The first-order valence-electron chi connectivity index (χ1n) is 5.23. The summed E-state index contributed by atoms with van der Waals surface area (Å²) in [4.78, 5) is 2.23. The highest BCUT2D eigenvalue weighted by Gasteiger charge is 1.90. The summed E-state index contributed by atoms with van der Waals surface area (Å²) in [5.41, 5.74) is 0. The molecule has 0 aromatic rings. The lowest BCUT2D eigenvalue weighted by atomic mass is 10.3. The molecule has 0 fully saturated rings. The molecule has 0 aliphatic heterocycles. The maximum Gasteiger partial charge on any atom is -0.00244 e. The van der Waals surface area contributed by atoms with E-state index in [1.165, 1.54) is 25.8 Å². The Morgan fingerprint density at radius 3 is 2.46 bits per heavy atom. The van der Waals surface area contributed by atoms with Crippen molar-refractivity contribution in [1.82, 2.24) is 10.2 Å². The molecule has 0 heterocycles. The van der Waals surface area contributed by atoms with Crippen LogP contribution < -0.4 is 5.32 Å². The molecule has 0 spiro atoms. The molecule has 0 aromatic heterocycles. The standard InChI is InChI=1S/C11H24N2/c1-4-5-6-9-12-10-7-8-11-13(2)3/h4,12H,1,5-11H2,2-3H3. The maximum atomic E-state index is 3.69. The van der Waals surface area contributed by atoms with E-state index in [2.05, 4.69) is 30.9 Å². The van der Waals surface area contributed by atoms with Gasteiger partial charge >= 0.3 is 0 Å². The Kier molecular flexibility index (Phi) is 9.49. The Labute approximate surface area is 83.0 Å². The van der Waals surface area contributed by atoms with E-state index < -0.39 is 0 Å². The minimum absolute atomic E-state index is 1.13. The molecule has 0 saturated carbocycles. The first-order chi connectivity index (χ1) is 6.27. The fourth-order valence-electron chi connectivity index (χ4n) is 1.17. The van der Waals surface area contributed by atoms with Crippen molar-refractivity contribution in [2.45, 2.75) is 25.7 Å². The van der Waals surface area contributed by atoms with E-state index in [0.717, 1.165) is 19.5 Å². The molecule has 0 saturated heterocycles.